The number of hydrogen-bond donors (Lipinski definition) is 3. The number of rotatable bonds is 6. The summed E-state index contributed by atoms with van der Waals surface area (Å²) >= 11 is 3.21. The molecule has 0 aromatic heterocycles. The van der Waals surface area contributed by atoms with Crippen molar-refractivity contribution < 1.29 is 8.42 Å². The predicted molar refractivity (Wildman–Crippen MR) is 78.3 cm³/mol. The highest BCUT2D eigenvalue weighted by Gasteiger charge is 2.14. The minimum Gasteiger partial charge on any atom is -0.397 e. The molecule has 4 N–H and O–H groups in total. The van der Waals surface area contributed by atoms with Gasteiger partial charge in [-0.1, -0.05) is 29.4 Å². The van der Waals surface area contributed by atoms with Gasteiger partial charge in [0, 0.05) is 17.6 Å². The second-order valence-electron chi connectivity index (χ2n) is 3.62. The zero-order valence-electron chi connectivity index (χ0n) is 10.0. The predicted octanol–water partition coefficient (Wildman–Crippen LogP) is 1.89. The van der Waals surface area contributed by atoms with Crippen molar-refractivity contribution in [3.63, 3.8) is 0 Å². The van der Waals surface area contributed by atoms with Gasteiger partial charge in [-0.05, 0) is 18.2 Å². The highest BCUT2D eigenvalue weighted by atomic mass is 79.9. The first-order chi connectivity index (χ1) is 8.36. The Balaban J connectivity index is 3.04. The Labute approximate surface area is 116 Å². The zero-order chi connectivity index (χ0) is 13.8. The first-order valence-electron chi connectivity index (χ1n) is 5.33. The zero-order valence-corrected chi connectivity index (χ0v) is 12.4. The molecule has 1 aromatic rings. The molecule has 1 aromatic carbocycles. The first-order valence-corrected chi connectivity index (χ1v) is 7.60. The molecule has 0 atom stereocenters. The maximum absolute atomic E-state index is 11.8. The van der Waals surface area contributed by atoms with Crippen LogP contribution >= 0.6 is 15.9 Å². The van der Waals surface area contributed by atoms with E-state index in [4.69, 9.17) is 5.73 Å². The van der Waals surface area contributed by atoms with E-state index in [1.807, 2.05) is 0 Å². The third-order valence-electron chi connectivity index (χ3n) is 2.14. The maximum atomic E-state index is 11.8. The number of nitrogens with one attached hydrogen (secondary N) is 2. The molecule has 0 spiro atoms. The van der Waals surface area contributed by atoms with Crippen molar-refractivity contribution in [3.05, 3.63) is 29.3 Å². The van der Waals surface area contributed by atoms with Gasteiger partial charge in [0.05, 0.1) is 16.3 Å². The Morgan fingerprint density at radius 2 is 2.17 bits per heavy atom. The van der Waals surface area contributed by atoms with E-state index in [0.29, 0.717) is 24.5 Å². The molecule has 0 bridgehead atoms. The van der Waals surface area contributed by atoms with E-state index in [1.54, 1.807) is 13.0 Å². The van der Waals surface area contributed by atoms with E-state index >= 15 is 0 Å². The van der Waals surface area contributed by atoms with Gasteiger partial charge in [-0.15, -0.1) is 0 Å². The fourth-order valence-electron chi connectivity index (χ4n) is 1.32. The monoisotopic (exact) mass is 333 g/mol. The fourth-order valence-corrected chi connectivity index (χ4v) is 2.53. The molecule has 0 radical (unpaired) electrons. The standard InChI is InChI=1S/C11H16BrN3O2S/c1-3-15-18(16,17)9-4-5-10(13)11(6-9)14-7-8(2)12/h4-6,14-15H,2-3,7,13H2,1H3. The lowest BCUT2D eigenvalue weighted by atomic mass is 10.2. The highest BCUT2D eigenvalue weighted by molar-refractivity contribution is 9.11. The van der Waals surface area contributed by atoms with Crippen LogP contribution in [0.2, 0.25) is 0 Å². The minimum atomic E-state index is -3.47. The lowest BCUT2D eigenvalue weighted by molar-refractivity contribution is 0.584. The molecule has 0 aliphatic heterocycles. The van der Waals surface area contributed by atoms with Gasteiger partial charge in [0.15, 0.2) is 0 Å². The van der Waals surface area contributed by atoms with Crippen molar-refractivity contribution in [2.24, 2.45) is 0 Å². The van der Waals surface area contributed by atoms with Gasteiger partial charge in [0.25, 0.3) is 0 Å². The molecule has 0 heterocycles. The number of nitrogen functional groups attached to an aromatic ring is 1. The van der Waals surface area contributed by atoms with Crippen LogP contribution in [0.25, 0.3) is 0 Å². The van der Waals surface area contributed by atoms with Crippen LogP contribution in [0.1, 0.15) is 6.92 Å². The van der Waals surface area contributed by atoms with Crippen LogP contribution in [0.4, 0.5) is 11.4 Å². The van der Waals surface area contributed by atoms with E-state index in [2.05, 4.69) is 32.5 Å². The lowest BCUT2D eigenvalue weighted by Gasteiger charge is -2.11. The number of anilines is 2. The SMILES string of the molecule is C=C(Br)CNc1cc(S(=O)(=O)NCC)ccc1N. The summed E-state index contributed by atoms with van der Waals surface area (Å²) in [6, 6.07) is 4.54. The van der Waals surface area contributed by atoms with Crippen molar-refractivity contribution in [2.45, 2.75) is 11.8 Å². The molecule has 5 nitrogen and oxygen atoms in total. The summed E-state index contributed by atoms with van der Waals surface area (Å²) in [6.07, 6.45) is 0. The van der Waals surface area contributed by atoms with Crippen LogP contribution in [-0.4, -0.2) is 21.5 Å². The molecule has 1 rings (SSSR count). The van der Waals surface area contributed by atoms with Crippen molar-refractivity contribution in [1.29, 1.82) is 0 Å². The third-order valence-corrected chi connectivity index (χ3v) is 3.96. The lowest BCUT2D eigenvalue weighted by Crippen LogP contribution is -2.23. The summed E-state index contributed by atoms with van der Waals surface area (Å²) in [5.74, 6) is 0. The molecule has 0 unspecified atom stereocenters. The van der Waals surface area contributed by atoms with Crippen molar-refractivity contribution >= 4 is 37.3 Å². The normalized spacial score (nSPS) is 11.2. The molecule has 0 fully saturated rings. The Kier molecular flexibility index (Phi) is 5.18. The van der Waals surface area contributed by atoms with Crippen LogP contribution in [0.5, 0.6) is 0 Å². The number of benzene rings is 1. The Hall–Kier alpha value is -1.05. The van der Waals surface area contributed by atoms with Gasteiger partial charge >= 0.3 is 0 Å². The topological polar surface area (TPSA) is 84.2 Å². The Morgan fingerprint density at radius 3 is 2.72 bits per heavy atom. The van der Waals surface area contributed by atoms with Crippen molar-refractivity contribution in [2.75, 3.05) is 24.1 Å². The van der Waals surface area contributed by atoms with E-state index in [9.17, 15) is 8.42 Å². The fraction of sp³-hybridized carbons (Fsp3) is 0.273. The third kappa shape index (κ3) is 4.01. The average Bonchev–Trinajstić information content (AvgIpc) is 2.27. The maximum Gasteiger partial charge on any atom is 0.240 e. The van der Waals surface area contributed by atoms with E-state index < -0.39 is 10.0 Å². The minimum absolute atomic E-state index is 0.182. The summed E-state index contributed by atoms with van der Waals surface area (Å²) in [6.45, 7) is 6.22. The van der Waals surface area contributed by atoms with Gasteiger partial charge in [0.2, 0.25) is 10.0 Å². The smallest absolute Gasteiger partial charge is 0.240 e. The summed E-state index contributed by atoms with van der Waals surface area (Å²) in [5, 5.41) is 3.00. The van der Waals surface area contributed by atoms with Gasteiger partial charge < -0.3 is 11.1 Å². The molecule has 0 amide bonds. The summed E-state index contributed by atoms with van der Waals surface area (Å²) in [7, 11) is -3.47. The molecular formula is C11H16BrN3O2S. The number of nitrogens with two attached hydrogens (primary N) is 1. The molecule has 0 saturated carbocycles. The molecule has 0 aliphatic rings. The molecule has 0 aliphatic carbocycles. The largest absolute Gasteiger partial charge is 0.397 e. The number of hydrogen-bond acceptors (Lipinski definition) is 4. The highest BCUT2D eigenvalue weighted by Crippen LogP contribution is 2.23. The summed E-state index contributed by atoms with van der Waals surface area (Å²) in [4.78, 5) is 0.182. The van der Waals surface area contributed by atoms with Gasteiger partial charge in [0.1, 0.15) is 0 Å². The van der Waals surface area contributed by atoms with Crippen molar-refractivity contribution in [1.82, 2.24) is 4.72 Å². The summed E-state index contributed by atoms with van der Waals surface area (Å²) < 4.78 is 26.8. The van der Waals surface area contributed by atoms with Crippen molar-refractivity contribution in [3.8, 4) is 0 Å². The molecule has 100 valence electrons. The molecule has 0 saturated heterocycles. The number of sulfonamides is 1. The van der Waals surface area contributed by atoms with E-state index in [-0.39, 0.29) is 4.90 Å². The van der Waals surface area contributed by atoms with Gasteiger partial charge in [-0.3, -0.25) is 0 Å². The number of halogens is 1. The van der Waals surface area contributed by atoms with Crippen LogP contribution in [-0.2, 0) is 10.0 Å². The first kappa shape index (κ1) is 15.0. The van der Waals surface area contributed by atoms with Gasteiger partial charge in [-0.25, -0.2) is 13.1 Å². The summed E-state index contributed by atoms with van der Waals surface area (Å²) in [5.41, 5.74) is 6.82. The average molecular weight is 334 g/mol. The van der Waals surface area contributed by atoms with Crippen LogP contribution < -0.4 is 15.8 Å². The van der Waals surface area contributed by atoms with Crippen LogP contribution in [0, 0.1) is 0 Å². The Morgan fingerprint density at radius 1 is 1.50 bits per heavy atom. The van der Waals surface area contributed by atoms with Gasteiger partial charge in [-0.2, -0.15) is 0 Å². The van der Waals surface area contributed by atoms with Crippen LogP contribution in [0.3, 0.4) is 0 Å². The van der Waals surface area contributed by atoms with E-state index in [1.165, 1.54) is 12.1 Å². The van der Waals surface area contributed by atoms with E-state index in [0.717, 1.165) is 4.48 Å². The Bertz CT molecular complexity index is 543. The van der Waals surface area contributed by atoms with Crippen LogP contribution in [0.15, 0.2) is 34.2 Å². The molecule has 7 heteroatoms. The second kappa shape index (κ2) is 6.21. The molecule has 18 heavy (non-hydrogen) atoms. The second-order valence-corrected chi connectivity index (χ2v) is 6.51. The quantitative estimate of drug-likeness (QED) is 0.694. The molecular weight excluding hydrogens is 318 g/mol.